The van der Waals surface area contributed by atoms with E-state index in [0.29, 0.717) is 22.2 Å². The number of benzene rings is 1. The number of carbonyl (C=O) groups excluding carboxylic acids is 1. The Morgan fingerprint density at radius 1 is 1.07 bits per heavy atom. The van der Waals surface area contributed by atoms with Gasteiger partial charge in [0.25, 0.3) is 5.91 Å². The monoisotopic (exact) mass is 391 g/mol. The van der Waals surface area contributed by atoms with Crippen molar-refractivity contribution >= 4 is 29.0 Å². The summed E-state index contributed by atoms with van der Waals surface area (Å²) in [5.41, 5.74) is 0.721. The van der Waals surface area contributed by atoms with Gasteiger partial charge in [-0.2, -0.15) is 0 Å². The number of likely N-dealkylation sites (N-methyl/N-ethyl adjacent to an activating group) is 1. The predicted molar refractivity (Wildman–Crippen MR) is 104 cm³/mol. The van der Waals surface area contributed by atoms with Gasteiger partial charge in [-0.15, -0.1) is 0 Å². The van der Waals surface area contributed by atoms with E-state index in [2.05, 4.69) is 32.1 Å². The molecule has 1 aliphatic heterocycles. The van der Waals surface area contributed by atoms with Crippen LogP contribution in [-0.2, 0) is 0 Å². The zero-order chi connectivity index (χ0) is 19.4. The first-order valence-electron chi connectivity index (χ1n) is 8.50. The summed E-state index contributed by atoms with van der Waals surface area (Å²) in [5.74, 6) is 1.25. The highest BCUT2D eigenvalue weighted by atomic mass is 35.5. The Labute approximate surface area is 163 Å². The number of anilines is 2. The maximum absolute atomic E-state index is 12.7. The minimum atomic E-state index is -0.365. The van der Waals surface area contributed by atoms with Crippen molar-refractivity contribution in [2.75, 3.05) is 57.7 Å². The molecule has 1 fully saturated rings. The quantitative estimate of drug-likeness (QED) is 0.836. The van der Waals surface area contributed by atoms with Crippen LogP contribution < -0.4 is 19.7 Å². The van der Waals surface area contributed by atoms with E-state index in [-0.39, 0.29) is 11.6 Å². The number of hydrogen-bond donors (Lipinski definition) is 1. The molecule has 3 rings (SSSR count). The Balaban J connectivity index is 1.80. The smallest absolute Gasteiger partial charge is 0.274 e. The van der Waals surface area contributed by atoms with E-state index in [4.69, 9.17) is 21.1 Å². The molecule has 144 valence electrons. The number of amides is 1. The summed E-state index contributed by atoms with van der Waals surface area (Å²) < 4.78 is 10.5. The average Bonchev–Trinajstić information content (AvgIpc) is 2.69. The van der Waals surface area contributed by atoms with Crippen molar-refractivity contribution in [3.05, 3.63) is 35.2 Å². The molecule has 1 amide bonds. The summed E-state index contributed by atoms with van der Waals surface area (Å²) in [4.78, 5) is 25.5. The predicted octanol–water partition coefficient (Wildman–Crippen LogP) is 2.15. The van der Waals surface area contributed by atoms with Crippen molar-refractivity contribution in [3.63, 3.8) is 0 Å². The molecule has 1 aliphatic rings. The molecule has 0 spiro atoms. The number of halogens is 1. The van der Waals surface area contributed by atoms with Gasteiger partial charge < -0.3 is 24.6 Å². The highest BCUT2D eigenvalue weighted by Gasteiger charge is 2.19. The van der Waals surface area contributed by atoms with E-state index in [1.165, 1.54) is 20.5 Å². The minimum Gasteiger partial charge on any atom is -0.495 e. The summed E-state index contributed by atoms with van der Waals surface area (Å²) in [6.07, 6.45) is 1.41. The SMILES string of the molecule is COc1cc(NC(=O)c2cc(N3CCN(C)CC3)ncn2)c(OC)cc1Cl. The molecule has 27 heavy (non-hydrogen) atoms. The molecular formula is C18H22ClN5O3. The third kappa shape index (κ3) is 4.40. The summed E-state index contributed by atoms with van der Waals surface area (Å²) >= 11 is 6.10. The number of nitrogens with zero attached hydrogens (tertiary/aromatic N) is 4. The van der Waals surface area contributed by atoms with Crippen LogP contribution in [-0.4, -0.2) is 68.2 Å². The first-order valence-corrected chi connectivity index (χ1v) is 8.88. The minimum absolute atomic E-state index is 0.273. The van der Waals surface area contributed by atoms with Gasteiger partial charge in [0, 0.05) is 44.4 Å². The van der Waals surface area contributed by atoms with Gasteiger partial charge in [-0.3, -0.25) is 4.79 Å². The molecule has 1 aromatic carbocycles. The second-order valence-corrected chi connectivity index (χ2v) is 6.60. The van der Waals surface area contributed by atoms with Crippen LogP contribution in [0.25, 0.3) is 0 Å². The summed E-state index contributed by atoms with van der Waals surface area (Å²) in [6.45, 7) is 3.62. The van der Waals surface area contributed by atoms with Gasteiger partial charge in [0.05, 0.1) is 24.9 Å². The Bertz CT molecular complexity index is 825. The van der Waals surface area contributed by atoms with Gasteiger partial charge in [0.15, 0.2) is 0 Å². The van der Waals surface area contributed by atoms with E-state index >= 15 is 0 Å². The van der Waals surface area contributed by atoms with Gasteiger partial charge in [-0.1, -0.05) is 11.6 Å². The highest BCUT2D eigenvalue weighted by Crippen LogP contribution is 2.36. The molecule has 0 atom stereocenters. The highest BCUT2D eigenvalue weighted by molar-refractivity contribution is 6.32. The van der Waals surface area contributed by atoms with Crippen molar-refractivity contribution in [3.8, 4) is 11.5 Å². The molecule has 0 unspecified atom stereocenters. The third-order valence-corrected chi connectivity index (χ3v) is 4.73. The number of carbonyl (C=O) groups is 1. The molecular weight excluding hydrogens is 370 g/mol. The summed E-state index contributed by atoms with van der Waals surface area (Å²) in [7, 11) is 5.10. The van der Waals surface area contributed by atoms with Crippen molar-refractivity contribution in [2.45, 2.75) is 0 Å². The molecule has 2 heterocycles. The van der Waals surface area contributed by atoms with Crippen LogP contribution >= 0.6 is 11.6 Å². The number of methoxy groups -OCH3 is 2. The number of hydrogen-bond acceptors (Lipinski definition) is 7. The average molecular weight is 392 g/mol. The van der Waals surface area contributed by atoms with Crippen molar-refractivity contribution in [1.82, 2.24) is 14.9 Å². The maximum atomic E-state index is 12.7. The summed E-state index contributed by atoms with van der Waals surface area (Å²) in [6, 6.07) is 4.90. The van der Waals surface area contributed by atoms with E-state index in [9.17, 15) is 4.79 Å². The normalized spacial score (nSPS) is 14.7. The lowest BCUT2D eigenvalue weighted by Gasteiger charge is -2.33. The molecule has 1 saturated heterocycles. The fourth-order valence-electron chi connectivity index (χ4n) is 2.82. The molecule has 0 radical (unpaired) electrons. The fourth-order valence-corrected chi connectivity index (χ4v) is 3.05. The molecule has 8 nitrogen and oxygen atoms in total. The molecule has 0 aliphatic carbocycles. The molecule has 2 aromatic rings. The number of rotatable bonds is 5. The van der Waals surface area contributed by atoms with Gasteiger partial charge in [0.1, 0.15) is 29.3 Å². The molecule has 0 bridgehead atoms. The zero-order valence-electron chi connectivity index (χ0n) is 15.5. The lowest BCUT2D eigenvalue weighted by molar-refractivity contribution is 0.102. The Kier molecular flexibility index (Phi) is 5.98. The van der Waals surface area contributed by atoms with E-state index in [0.717, 1.165) is 32.0 Å². The Hall–Kier alpha value is -2.58. The van der Waals surface area contributed by atoms with Gasteiger partial charge in [0.2, 0.25) is 0 Å². The van der Waals surface area contributed by atoms with Crippen LogP contribution in [0.1, 0.15) is 10.5 Å². The molecule has 9 heteroatoms. The topological polar surface area (TPSA) is 79.8 Å². The van der Waals surface area contributed by atoms with Gasteiger partial charge in [-0.05, 0) is 7.05 Å². The van der Waals surface area contributed by atoms with Crippen LogP contribution in [0.5, 0.6) is 11.5 Å². The zero-order valence-corrected chi connectivity index (χ0v) is 16.3. The van der Waals surface area contributed by atoms with Crippen LogP contribution in [0.2, 0.25) is 5.02 Å². The second kappa shape index (κ2) is 8.41. The van der Waals surface area contributed by atoms with Gasteiger partial charge in [-0.25, -0.2) is 9.97 Å². The molecule has 1 N–H and O–H groups in total. The Morgan fingerprint density at radius 2 is 1.78 bits per heavy atom. The van der Waals surface area contributed by atoms with Crippen LogP contribution in [0, 0.1) is 0 Å². The van der Waals surface area contributed by atoms with Crippen molar-refractivity contribution < 1.29 is 14.3 Å². The lowest BCUT2D eigenvalue weighted by atomic mass is 10.2. The van der Waals surface area contributed by atoms with Gasteiger partial charge >= 0.3 is 0 Å². The summed E-state index contributed by atoms with van der Waals surface area (Å²) in [5, 5.41) is 3.19. The van der Waals surface area contributed by atoms with Crippen LogP contribution in [0.4, 0.5) is 11.5 Å². The first kappa shape index (κ1) is 19.2. The van der Waals surface area contributed by atoms with Crippen molar-refractivity contribution in [1.29, 1.82) is 0 Å². The van der Waals surface area contributed by atoms with Crippen molar-refractivity contribution in [2.24, 2.45) is 0 Å². The number of nitrogens with one attached hydrogen (secondary N) is 1. The van der Waals surface area contributed by atoms with E-state index in [1.807, 2.05) is 0 Å². The van der Waals surface area contributed by atoms with E-state index in [1.54, 1.807) is 18.2 Å². The second-order valence-electron chi connectivity index (χ2n) is 6.19. The lowest BCUT2D eigenvalue weighted by Crippen LogP contribution is -2.44. The third-order valence-electron chi connectivity index (χ3n) is 4.43. The molecule has 1 aromatic heterocycles. The number of piperazine rings is 1. The fraction of sp³-hybridized carbons (Fsp3) is 0.389. The van der Waals surface area contributed by atoms with Crippen LogP contribution in [0.15, 0.2) is 24.5 Å². The van der Waals surface area contributed by atoms with E-state index < -0.39 is 0 Å². The maximum Gasteiger partial charge on any atom is 0.274 e. The first-order chi connectivity index (χ1) is 13.0. The number of aromatic nitrogens is 2. The largest absolute Gasteiger partial charge is 0.495 e. The number of ether oxygens (including phenoxy) is 2. The molecule has 0 saturated carbocycles. The standard InChI is InChI=1S/C18H22ClN5O3/c1-23-4-6-24(7-5-23)17-10-14(20-11-21-17)18(25)22-13-9-15(26-2)12(19)8-16(13)27-3/h8-11H,4-7H2,1-3H3,(H,22,25). The van der Waals surface area contributed by atoms with Crippen LogP contribution in [0.3, 0.4) is 0 Å². The Morgan fingerprint density at radius 3 is 2.44 bits per heavy atom.